The van der Waals surface area contributed by atoms with Crippen LogP contribution >= 0.6 is 11.3 Å². The van der Waals surface area contributed by atoms with E-state index in [-0.39, 0.29) is 24.6 Å². The van der Waals surface area contributed by atoms with Crippen molar-refractivity contribution in [3.63, 3.8) is 0 Å². The highest BCUT2D eigenvalue weighted by Crippen LogP contribution is 2.39. The molecule has 0 saturated heterocycles. The normalized spacial score (nSPS) is 13.4. The Morgan fingerprint density at radius 1 is 1.14 bits per heavy atom. The van der Waals surface area contributed by atoms with Crippen molar-refractivity contribution in [2.75, 3.05) is 26.7 Å². The molecule has 9 nitrogen and oxygen atoms in total. The third kappa shape index (κ3) is 8.84. The first-order chi connectivity index (χ1) is 20.5. The van der Waals surface area contributed by atoms with Crippen LogP contribution in [0.25, 0.3) is 20.7 Å². The van der Waals surface area contributed by atoms with E-state index in [1.165, 1.54) is 17.4 Å². The van der Waals surface area contributed by atoms with Crippen molar-refractivity contribution in [3.8, 4) is 21.9 Å². The van der Waals surface area contributed by atoms with Gasteiger partial charge in [-0.2, -0.15) is 5.10 Å². The maximum Gasteiger partial charge on any atom is 0.508 e. The molecule has 3 aromatic heterocycles. The fourth-order valence-corrected chi connectivity index (χ4v) is 5.54. The minimum Gasteiger partial charge on any atom is -0.453 e. The van der Waals surface area contributed by atoms with Crippen LogP contribution < -0.4 is 4.74 Å². The van der Waals surface area contributed by atoms with Gasteiger partial charge in [0.25, 0.3) is 0 Å². The summed E-state index contributed by atoms with van der Waals surface area (Å²) in [5, 5.41) is 4.50. The van der Waals surface area contributed by atoms with Crippen molar-refractivity contribution in [1.82, 2.24) is 19.7 Å². The van der Waals surface area contributed by atoms with Crippen LogP contribution in [0.3, 0.4) is 0 Å². The second kappa shape index (κ2) is 13.2. The predicted octanol–water partition coefficient (Wildman–Crippen LogP) is 6.89. The summed E-state index contributed by atoms with van der Waals surface area (Å²) >= 11 is 1.50. The molecule has 0 unspecified atom stereocenters. The van der Waals surface area contributed by atoms with Crippen molar-refractivity contribution in [1.29, 1.82) is 0 Å². The molecule has 1 aliphatic rings. The second-order valence-corrected chi connectivity index (χ2v) is 13.0. The van der Waals surface area contributed by atoms with Crippen LogP contribution in [0.5, 0.6) is 11.5 Å². The molecule has 5 rings (SSSR count). The number of likely N-dealkylation sites (N-methyl/N-ethyl adjacent to an activating group) is 1. The monoisotopic (exact) mass is 608 g/mol. The average molecular weight is 609 g/mol. The molecule has 0 bridgehead atoms. The summed E-state index contributed by atoms with van der Waals surface area (Å²) in [6.45, 7) is 7.56. The van der Waals surface area contributed by atoms with Gasteiger partial charge in [0.05, 0.1) is 23.0 Å². The van der Waals surface area contributed by atoms with E-state index < -0.39 is 17.6 Å². The van der Waals surface area contributed by atoms with E-state index in [1.807, 2.05) is 24.0 Å². The summed E-state index contributed by atoms with van der Waals surface area (Å²) in [5.74, 6) is 0.790. The van der Waals surface area contributed by atoms with E-state index in [0.29, 0.717) is 43.3 Å². The molecule has 0 radical (unpaired) electrons. The molecule has 11 heteroatoms. The molecule has 1 saturated carbocycles. The van der Waals surface area contributed by atoms with Crippen LogP contribution in [-0.2, 0) is 27.2 Å². The standard InChI is InChI=1S/C32H37FN4O5S/c1-32(2,3)42-31(39)40-14-13-36(4)11-12-37-20-23(19-35-37)29-18-26-30(43-29)28(9-10-34-26)41-27-8-7-22(17-25(27)33)16-24(38)15-21-5-6-21/h7-10,17-21H,5-6,11-16H2,1-4H3. The van der Waals surface area contributed by atoms with Crippen molar-refractivity contribution in [2.24, 2.45) is 5.92 Å². The molecule has 43 heavy (non-hydrogen) atoms. The number of hydrogen-bond acceptors (Lipinski definition) is 9. The van der Waals surface area contributed by atoms with Crippen LogP contribution in [0.2, 0.25) is 0 Å². The van der Waals surface area contributed by atoms with Gasteiger partial charge in [0.1, 0.15) is 23.7 Å². The number of hydrogen-bond donors (Lipinski definition) is 0. The SMILES string of the molecule is CN(CCOC(=O)OC(C)(C)C)CCn1cc(-c2cc3nccc(Oc4ccc(CC(=O)CC5CC5)cc4F)c3s2)cn1. The summed E-state index contributed by atoms with van der Waals surface area (Å²) < 4.78 is 33.9. The Morgan fingerprint density at radius 3 is 2.70 bits per heavy atom. The van der Waals surface area contributed by atoms with Gasteiger partial charge in [-0.15, -0.1) is 11.3 Å². The highest BCUT2D eigenvalue weighted by atomic mass is 32.1. The maximum atomic E-state index is 14.9. The number of carbonyl (C=O) groups excluding carboxylic acids is 2. The van der Waals surface area contributed by atoms with Crippen LogP contribution in [0.15, 0.2) is 48.9 Å². The van der Waals surface area contributed by atoms with Gasteiger partial charge >= 0.3 is 6.16 Å². The lowest BCUT2D eigenvalue weighted by Crippen LogP contribution is -2.30. The Bertz CT molecular complexity index is 1590. The number of pyridine rings is 1. The molecule has 3 heterocycles. The molecule has 0 aliphatic heterocycles. The molecular weight excluding hydrogens is 571 g/mol. The molecular formula is C32H37FN4O5S. The fourth-order valence-electron chi connectivity index (χ4n) is 4.50. The predicted molar refractivity (Wildman–Crippen MR) is 163 cm³/mol. The zero-order valence-electron chi connectivity index (χ0n) is 25.0. The Hall–Kier alpha value is -3.83. The summed E-state index contributed by atoms with van der Waals surface area (Å²) in [6.07, 6.45) is 7.81. The van der Waals surface area contributed by atoms with Crippen LogP contribution in [0.1, 0.15) is 45.6 Å². The Morgan fingerprint density at radius 2 is 1.95 bits per heavy atom. The second-order valence-electron chi connectivity index (χ2n) is 12.0. The van der Waals surface area contributed by atoms with E-state index in [2.05, 4.69) is 15.0 Å². The van der Waals surface area contributed by atoms with Gasteiger partial charge < -0.3 is 19.1 Å². The van der Waals surface area contributed by atoms with E-state index >= 15 is 0 Å². The molecule has 1 fully saturated rings. The largest absolute Gasteiger partial charge is 0.508 e. The first kappa shape index (κ1) is 30.6. The molecule has 0 atom stereocenters. The van der Waals surface area contributed by atoms with Crippen LogP contribution in [0, 0.1) is 11.7 Å². The lowest BCUT2D eigenvalue weighted by Gasteiger charge is -2.20. The summed E-state index contributed by atoms with van der Waals surface area (Å²) in [6, 6.07) is 8.42. The number of ketones is 1. The van der Waals surface area contributed by atoms with Gasteiger partial charge in [0, 0.05) is 54.8 Å². The number of fused-ring (bicyclic) bond motifs is 1. The Labute approximate surface area is 254 Å². The van der Waals surface area contributed by atoms with Crippen molar-refractivity contribution < 1.29 is 28.2 Å². The van der Waals surface area contributed by atoms with Gasteiger partial charge in [0.2, 0.25) is 0 Å². The minimum atomic E-state index is -0.667. The first-order valence-electron chi connectivity index (χ1n) is 14.5. The number of Topliss-reactive ketones (excluding diaryl/α,β-unsaturated/α-hetero) is 1. The average Bonchev–Trinajstić information content (AvgIpc) is 3.42. The van der Waals surface area contributed by atoms with Crippen molar-refractivity contribution >= 4 is 33.5 Å². The number of nitrogens with zero attached hydrogens (tertiary/aromatic N) is 4. The number of thiophene rings is 1. The zero-order chi connectivity index (χ0) is 30.6. The first-order valence-corrected chi connectivity index (χ1v) is 15.3. The van der Waals surface area contributed by atoms with Crippen molar-refractivity contribution in [3.05, 3.63) is 60.3 Å². The molecule has 1 aliphatic carbocycles. The van der Waals surface area contributed by atoms with E-state index in [0.717, 1.165) is 33.5 Å². The summed E-state index contributed by atoms with van der Waals surface area (Å²) in [4.78, 5) is 31.4. The van der Waals surface area contributed by atoms with E-state index in [1.54, 1.807) is 51.4 Å². The fraction of sp³-hybridized carbons (Fsp3) is 0.438. The van der Waals surface area contributed by atoms with Gasteiger partial charge in [0.15, 0.2) is 11.6 Å². The maximum absolute atomic E-state index is 14.9. The number of halogens is 1. The number of carbonyl (C=O) groups is 2. The topological polar surface area (TPSA) is 95.8 Å². The molecule has 4 aromatic rings. The van der Waals surface area contributed by atoms with Gasteiger partial charge in [-0.1, -0.05) is 6.07 Å². The molecule has 1 aromatic carbocycles. The van der Waals surface area contributed by atoms with E-state index in [9.17, 15) is 14.0 Å². The number of aromatic nitrogens is 3. The highest BCUT2D eigenvalue weighted by molar-refractivity contribution is 7.22. The quantitative estimate of drug-likeness (QED) is 0.152. The third-order valence-corrected chi connectivity index (χ3v) is 8.11. The lowest BCUT2D eigenvalue weighted by molar-refractivity contribution is -0.118. The Kier molecular flexibility index (Phi) is 9.41. The summed E-state index contributed by atoms with van der Waals surface area (Å²) in [5.41, 5.74) is 1.77. The molecule has 0 amide bonds. The third-order valence-electron chi connectivity index (χ3n) is 6.92. The van der Waals surface area contributed by atoms with Crippen molar-refractivity contribution in [2.45, 2.75) is 58.6 Å². The molecule has 0 spiro atoms. The van der Waals surface area contributed by atoms with Gasteiger partial charge in [-0.25, -0.2) is 9.18 Å². The molecule has 228 valence electrons. The van der Waals surface area contributed by atoms with Gasteiger partial charge in [-0.3, -0.25) is 14.5 Å². The number of ether oxygens (including phenoxy) is 3. The highest BCUT2D eigenvalue weighted by Gasteiger charge is 2.24. The summed E-state index contributed by atoms with van der Waals surface area (Å²) in [7, 11) is 1.95. The number of rotatable bonds is 13. The molecule has 0 N–H and O–H groups in total. The van der Waals surface area contributed by atoms with E-state index in [4.69, 9.17) is 14.2 Å². The van der Waals surface area contributed by atoms with Gasteiger partial charge in [-0.05, 0) is 70.3 Å². The van der Waals surface area contributed by atoms with Crippen LogP contribution in [-0.4, -0.2) is 63.9 Å². The minimum absolute atomic E-state index is 0.106. The zero-order valence-corrected chi connectivity index (χ0v) is 25.8. The lowest BCUT2D eigenvalue weighted by atomic mass is 10.0. The Balaban J connectivity index is 1.17. The van der Waals surface area contributed by atoms with Crippen LogP contribution in [0.4, 0.5) is 9.18 Å². The smallest absolute Gasteiger partial charge is 0.453 e. The number of benzene rings is 1.